The molecule has 1 aliphatic rings. The van der Waals surface area contributed by atoms with E-state index in [-0.39, 0.29) is 56.8 Å². The first kappa shape index (κ1) is 66.3. The Labute approximate surface area is 463 Å². The van der Waals surface area contributed by atoms with Crippen LogP contribution in [0.1, 0.15) is 90.8 Å². The quantitative estimate of drug-likeness (QED) is 0.0407. The third-order valence-corrected chi connectivity index (χ3v) is 12.9. The van der Waals surface area contributed by atoms with E-state index in [9.17, 15) is 68.4 Å². The smallest absolute Gasteiger partial charge is 0.408 e. The standard InChI is InChI=1S/C52H79N13O15/c1-7-16-32-43(71)58-33(21-15-22-55-51(53)54)44(72)61-37(28(5)8-2)48(76)62-38(29(6)68)47(75)56-23-36(69)57-34(24-66)45(73)60-35(25-67)46(74)63-39(31-19-13-10-14-20-31)40(65-52(79)80-26-30-17-11-9-12-18-30)49(77)64-41(50(78)59-32)42(70)27(3)4/h9-14,17-20,27-29,32-35,37-42,66-68,70H,7-8,15-16,21-26H2,1-6H3,(H,56,75)(H,57,69)(H,58,71)(H,59,78)(H,60,73)(H,61,72)(H,62,76)(H,63,74)(H,64,77)(H,65,79)(H4,53,54,55)/t28-,29-,32-,33+,34-,35?,37-,38-,39+,40-,41-,42+/m0/s1. The Morgan fingerprint density at radius 2 is 1.15 bits per heavy atom. The molecule has 0 spiro atoms. The van der Waals surface area contributed by atoms with Crippen LogP contribution in [0.3, 0.4) is 0 Å². The Bertz CT molecular complexity index is 2430. The summed E-state index contributed by atoms with van der Waals surface area (Å²) in [5.74, 6) is -11.4. The van der Waals surface area contributed by atoms with Gasteiger partial charge in [-0.3, -0.25) is 48.1 Å². The van der Waals surface area contributed by atoms with E-state index in [2.05, 4.69) is 58.2 Å². The SMILES string of the molecule is CCC[C@@H]1NC(=O)[C@H]([C@H](O)C(C)C)NC(=O)[C@@H](NC(=O)OCc2ccccc2)[C@@H](c2ccccc2)NC(=O)C(CO)NC(=O)[C@H](CO)NC(=O)CNC(=O)[C@H]([C@H](C)O)NC(=O)[C@H]([C@@H](C)CC)NC(=O)[C@@H](CCCN=C(N)N)NC1=O. The van der Waals surface area contributed by atoms with Gasteiger partial charge in [0.15, 0.2) is 5.96 Å². The van der Waals surface area contributed by atoms with Crippen molar-refractivity contribution in [3.8, 4) is 0 Å². The maximum absolute atomic E-state index is 14.9. The first-order valence-corrected chi connectivity index (χ1v) is 26.3. The fourth-order valence-electron chi connectivity index (χ4n) is 8.05. The monoisotopic (exact) mass is 1130 g/mol. The average molecular weight is 1130 g/mol. The first-order chi connectivity index (χ1) is 38.0. The Balaban J connectivity index is 2.26. The molecule has 18 N–H and O–H groups in total. The van der Waals surface area contributed by atoms with Crippen molar-refractivity contribution in [2.75, 3.05) is 26.3 Å². The van der Waals surface area contributed by atoms with Crippen molar-refractivity contribution in [2.45, 2.75) is 147 Å². The molecule has 1 heterocycles. The molecule has 0 aromatic heterocycles. The molecule has 10 amide bonds. The highest BCUT2D eigenvalue weighted by Gasteiger charge is 2.41. The van der Waals surface area contributed by atoms with Gasteiger partial charge in [-0.2, -0.15) is 0 Å². The molecule has 2 aromatic rings. The van der Waals surface area contributed by atoms with Crippen LogP contribution in [-0.2, 0) is 54.5 Å². The summed E-state index contributed by atoms with van der Waals surface area (Å²) in [6, 6.07) is 0.668. The second-order valence-corrected chi connectivity index (χ2v) is 19.5. The van der Waals surface area contributed by atoms with Gasteiger partial charge < -0.3 is 89.8 Å². The molecule has 0 bridgehead atoms. The van der Waals surface area contributed by atoms with Gasteiger partial charge in [0.05, 0.1) is 38.0 Å². The highest BCUT2D eigenvalue weighted by atomic mass is 16.5. The number of aliphatic hydroxyl groups is 4. The molecule has 442 valence electrons. The van der Waals surface area contributed by atoms with E-state index in [4.69, 9.17) is 16.2 Å². The van der Waals surface area contributed by atoms with Crippen LogP contribution in [0, 0.1) is 11.8 Å². The first-order valence-electron chi connectivity index (χ1n) is 26.3. The van der Waals surface area contributed by atoms with Gasteiger partial charge in [-0.25, -0.2) is 4.79 Å². The van der Waals surface area contributed by atoms with Crippen LogP contribution in [0.15, 0.2) is 65.7 Å². The average Bonchev–Trinajstić information content (AvgIpc) is 3.43. The molecule has 1 saturated heterocycles. The number of nitrogens with zero attached hydrogens (tertiary/aromatic N) is 1. The highest BCUT2D eigenvalue weighted by Crippen LogP contribution is 2.20. The lowest BCUT2D eigenvalue weighted by Gasteiger charge is -2.33. The predicted octanol–water partition coefficient (Wildman–Crippen LogP) is -4.06. The van der Waals surface area contributed by atoms with Crippen LogP contribution >= 0.6 is 0 Å². The Hall–Kier alpha value is -7.95. The number of rotatable bonds is 17. The molecule has 12 atom stereocenters. The van der Waals surface area contributed by atoms with Gasteiger partial charge in [-0.05, 0) is 49.1 Å². The van der Waals surface area contributed by atoms with Gasteiger partial charge in [-0.1, -0.05) is 108 Å². The molecule has 1 aliphatic heterocycles. The van der Waals surface area contributed by atoms with Crippen molar-refractivity contribution in [1.29, 1.82) is 0 Å². The summed E-state index contributed by atoms with van der Waals surface area (Å²) in [4.78, 5) is 144. The minimum atomic E-state index is -1.96. The molecule has 1 unspecified atom stereocenters. The zero-order valence-electron chi connectivity index (χ0n) is 45.7. The van der Waals surface area contributed by atoms with E-state index in [1.165, 1.54) is 38.1 Å². The minimum Gasteiger partial charge on any atom is -0.445 e. The maximum atomic E-state index is 14.9. The number of carbonyl (C=O) groups excluding carboxylic acids is 10. The second kappa shape index (κ2) is 33.5. The van der Waals surface area contributed by atoms with E-state index in [0.717, 1.165) is 6.92 Å². The molecule has 80 heavy (non-hydrogen) atoms. The molecule has 0 saturated carbocycles. The third kappa shape index (κ3) is 21.0. The molecule has 0 aliphatic carbocycles. The van der Waals surface area contributed by atoms with Crippen molar-refractivity contribution in [3.63, 3.8) is 0 Å². The van der Waals surface area contributed by atoms with E-state index in [1.807, 2.05) is 0 Å². The van der Waals surface area contributed by atoms with E-state index < -0.39 is 157 Å². The zero-order chi connectivity index (χ0) is 59.6. The van der Waals surface area contributed by atoms with Crippen molar-refractivity contribution in [1.82, 2.24) is 53.2 Å². The normalized spacial score (nSPS) is 24.9. The Morgan fingerprint density at radius 3 is 1.73 bits per heavy atom. The van der Waals surface area contributed by atoms with Crippen LogP contribution in [-0.4, -0.2) is 172 Å². The summed E-state index contributed by atoms with van der Waals surface area (Å²) in [6.45, 7) is 5.81. The lowest BCUT2D eigenvalue weighted by molar-refractivity contribution is -0.138. The van der Waals surface area contributed by atoms with Crippen molar-refractivity contribution in [3.05, 3.63) is 71.8 Å². The van der Waals surface area contributed by atoms with Crippen LogP contribution in [0.5, 0.6) is 0 Å². The predicted molar refractivity (Wildman–Crippen MR) is 288 cm³/mol. The zero-order valence-corrected chi connectivity index (χ0v) is 45.7. The van der Waals surface area contributed by atoms with E-state index >= 15 is 0 Å². The summed E-state index contributed by atoms with van der Waals surface area (Å²) in [5.41, 5.74) is 11.7. The van der Waals surface area contributed by atoms with Crippen molar-refractivity contribution < 1.29 is 73.1 Å². The third-order valence-electron chi connectivity index (χ3n) is 12.9. The fraction of sp³-hybridized carbons (Fsp3) is 0.558. The summed E-state index contributed by atoms with van der Waals surface area (Å²) < 4.78 is 5.45. The number of aliphatic imine (C=N–C) groups is 1. The van der Waals surface area contributed by atoms with E-state index in [0.29, 0.717) is 5.56 Å². The van der Waals surface area contributed by atoms with Gasteiger partial charge in [0.25, 0.3) is 0 Å². The fourth-order valence-corrected chi connectivity index (χ4v) is 8.05. The van der Waals surface area contributed by atoms with Gasteiger partial charge in [-0.15, -0.1) is 0 Å². The van der Waals surface area contributed by atoms with Gasteiger partial charge >= 0.3 is 6.09 Å². The molecular weight excluding hydrogens is 1050 g/mol. The Morgan fingerprint density at radius 1 is 0.637 bits per heavy atom. The van der Waals surface area contributed by atoms with Gasteiger partial charge in [0, 0.05) is 6.54 Å². The topological polar surface area (TPSA) is 446 Å². The number of aliphatic hydroxyl groups excluding tert-OH is 4. The van der Waals surface area contributed by atoms with Crippen LogP contribution in [0.25, 0.3) is 0 Å². The molecule has 1 fully saturated rings. The number of guanidine groups is 1. The van der Waals surface area contributed by atoms with Crippen LogP contribution < -0.4 is 64.6 Å². The number of benzene rings is 2. The van der Waals surface area contributed by atoms with Crippen LogP contribution in [0.4, 0.5) is 4.79 Å². The molecule has 0 radical (unpaired) electrons. The molecule has 2 aromatic carbocycles. The lowest BCUT2D eigenvalue weighted by Crippen LogP contribution is -2.64. The summed E-state index contributed by atoms with van der Waals surface area (Å²) >= 11 is 0. The number of amides is 10. The van der Waals surface area contributed by atoms with Gasteiger partial charge in [0.1, 0.15) is 54.9 Å². The number of carbonyl (C=O) groups is 10. The van der Waals surface area contributed by atoms with E-state index in [1.54, 1.807) is 57.2 Å². The number of nitrogens with one attached hydrogen (secondary N) is 10. The summed E-state index contributed by atoms with van der Waals surface area (Å²) in [5, 5.41) is 67.2. The largest absolute Gasteiger partial charge is 0.445 e. The highest BCUT2D eigenvalue weighted by molar-refractivity contribution is 5.99. The number of nitrogens with two attached hydrogens (primary N) is 2. The number of ether oxygens (including phenoxy) is 1. The molecule has 28 heteroatoms. The summed E-state index contributed by atoms with van der Waals surface area (Å²) in [6.07, 6.45) is -4.09. The number of hydrogen-bond acceptors (Lipinski definition) is 16. The minimum absolute atomic E-state index is 0.00463. The number of hydrogen-bond donors (Lipinski definition) is 16. The van der Waals surface area contributed by atoms with Crippen molar-refractivity contribution >= 4 is 65.2 Å². The van der Waals surface area contributed by atoms with Gasteiger partial charge in [0.2, 0.25) is 53.2 Å². The molecule has 28 nitrogen and oxygen atoms in total. The lowest BCUT2D eigenvalue weighted by atomic mass is 9.95. The molecular formula is C52H79N13O15. The number of alkyl carbamates (subject to hydrolysis) is 1. The maximum Gasteiger partial charge on any atom is 0.408 e. The van der Waals surface area contributed by atoms with Crippen molar-refractivity contribution in [2.24, 2.45) is 28.3 Å². The summed E-state index contributed by atoms with van der Waals surface area (Å²) in [7, 11) is 0. The Kier molecular flexibility index (Phi) is 27.8. The second-order valence-electron chi connectivity index (χ2n) is 19.5. The van der Waals surface area contributed by atoms with Crippen LogP contribution in [0.2, 0.25) is 0 Å². The molecule has 3 rings (SSSR count).